The number of ether oxygens (including phenoxy) is 1. The zero-order chi connectivity index (χ0) is 18.3. The molecule has 24 heavy (non-hydrogen) atoms. The topological polar surface area (TPSA) is 70.7 Å². The fourth-order valence-electron chi connectivity index (χ4n) is 1.76. The van der Waals surface area contributed by atoms with Gasteiger partial charge in [0.1, 0.15) is 5.75 Å². The van der Waals surface area contributed by atoms with Crippen molar-refractivity contribution in [1.82, 2.24) is 10.2 Å². The van der Waals surface area contributed by atoms with Gasteiger partial charge in [-0.1, -0.05) is 0 Å². The summed E-state index contributed by atoms with van der Waals surface area (Å²) in [7, 11) is 3.17. The summed E-state index contributed by atoms with van der Waals surface area (Å²) in [6, 6.07) is 2.11. The fourth-order valence-corrected chi connectivity index (χ4v) is 1.76. The van der Waals surface area contributed by atoms with Gasteiger partial charge in [-0.2, -0.15) is 13.2 Å². The van der Waals surface area contributed by atoms with Crippen molar-refractivity contribution >= 4 is 17.6 Å². The van der Waals surface area contributed by atoms with E-state index in [4.69, 9.17) is 4.74 Å². The second kappa shape index (κ2) is 8.42. The van der Waals surface area contributed by atoms with Gasteiger partial charge in [0, 0.05) is 27.1 Å². The van der Waals surface area contributed by atoms with Crippen molar-refractivity contribution in [3.05, 3.63) is 23.8 Å². The normalized spacial score (nSPS) is 10.9. The number of urea groups is 1. The van der Waals surface area contributed by atoms with Crippen molar-refractivity contribution in [1.29, 1.82) is 0 Å². The number of anilines is 1. The van der Waals surface area contributed by atoms with E-state index in [2.05, 4.69) is 10.6 Å². The summed E-state index contributed by atoms with van der Waals surface area (Å²) in [6.07, 6.45) is -4.45. The number of carbonyl (C=O) groups is 2. The van der Waals surface area contributed by atoms with Crippen molar-refractivity contribution in [2.45, 2.75) is 19.5 Å². The van der Waals surface area contributed by atoms with Crippen LogP contribution in [-0.4, -0.2) is 44.1 Å². The first-order valence-electron chi connectivity index (χ1n) is 7.24. The molecule has 0 fully saturated rings. The Kier molecular flexibility index (Phi) is 6.87. The second-order valence-electron chi connectivity index (χ2n) is 5.06. The van der Waals surface area contributed by atoms with Crippen LogP contribution in [0.3, 0.4) is 0 Å². The molecule has 0 atom stereocenters. The molecule has 3 amide bonds. The summed E-state index contributed by atoms with van der Waals surface area (Å²) in [5.74, 6) is -0.0469. The van der Waals surface area contributed by atoms with Gasteiger partial charge in [-0.05, 0) is 25.1 Å². The highest BCUT2D eigenvalue weighted by Gasteiger charge is 2.31. The van der Waals surface area contributed by atoms with E-state index in [1.165, 1.54) is 4.90 Å². The molecule has 0 spiro atoms. The minimum Gasteiger partial charge on any atom is -0.492 e. The van der Waals surface area contributed by atoms with Crippen LogP contribution in [0.1, 0.15) is 18.9 Å². The van der Waals surface area contributed by atoms with Gasteiger partial charge in [0.15, 0.2) is 0 Å². The Balaban J connectivity index is 2.76. The van der Waals surface area contributed by atoms with Crippen LogP contribution < -0.4 is 15.4 Å². The molecule has 1 aromatic carbocycles. The molecule has 0 saturated carbocycles. The van der Waals surface area contributed by atoms with Crippen LogP contribution in [0, 0.1) is 0 Å². The Hall–Kier alpha value is -2.45. The number of rotatable bonds is 6. The molecule has 0 aliphatic heterocycles. The van der Waals surface area contributed by atoms with Crippen LogP contribution in [0.25, 0.3) is 0 Å². The third-order valence-electron chi connectivity index (χ3n) is 2.98. The maximum Gasteiger partial charge on any atom is 0.416 e. The van der Waals surface area contributed by atoms with Crippen LogP contribution in [0.2, 0.25) is 0 Å². The van der Waals surface area contributed by atoms with Crippen molar-refractivity contribution in [3.8, 4) is 5.75 Å². The first kappa shape index (κ1) is 19.6. The molecule has 9 heteroatoms. The highest BCUT2D eigenvalue weighted by Crippen LogP contribution is 2.35. The summed E-state index contributed by atoms with van der Waals surface area (Å²) in [5, 5.41) is 4.72. The first-order valence-corrected chi connectivity index (χ1v) is 7.24. The van der Waals surface area contributed by atoms with E-state index in [1.807, 2.05) is 0 Å². The Morgan fingerprint density at radius 1 is 1.25 bits per heavy atom. The van der Waals surface area contributed by atoms with E-state index in [0.29, 0.717) is 0 Å². The number of nitrogens with zero attached hydrogens (tertiary/aromatic N) is 1. The minimum atomic E-state index is -4.53. The van der Waals surface area contributed by atoms with E-state index < -0.39 is 17.8 Å². The molecule has 0 aliphatic rings. The molecule has 0 bridgehead atoms. The van der Waals surface area contributed by atoms with Crippen LogP contribution in [0.4, 0.5) is 23.7 Å². The summed E-state index contributed by atoms with van der Waals surface area (Å²) >= 11 is 0. The third-order valence-corrected chi connectivity index (χ3v) is 2.98. The molecule has 0 unspecified atom stereocenters. The molecule has 0 radical (unpaired) electrons. The van der Waals surface area contributed by atoms with Crippen LogP contribution in [0.15, 0.2) is 18.2 Å². The molecule has 0 aliphatic carbocycles. The lowest BCUT2D eigenvalue weighted by molar-refractivity contribution is -0.137. The van der Waals surface area contributed by atoms with Gasteiger partial charge in [-0.25, -0.2) is 4.79 Å². The predicted molar refractivity (Wildman–Crippen MR) is 82.9 cm³/mol. The van der Waals surface area contributed by atoms with E-state index in [-0.39, 0.29) is 36.9 Å². The van der Waals surface area contributed by atoms with Gasteiger partial charge in [0.25, 0.3) is 0 Å². The molecule has 1 aromatic rings. The number of hydrogen-bond donors (Lipinski definition) is 2. The summed E-state index contributed by atoms with van der Waals surface area (Å²) in [6.45, 7) is 1.97. The van der Waals surface area contributed by atoms with Crippen molar-refractivity contribution in [2.75, 3.05) is 32.6 Å². The smallest absolute Gasteiger partial charge is 0.416 e. The predicted octanol–water partition coefficient (Wildman–Crippen LogP) is 2.70. The highest BCUT2D eigenvalue weighted by molar-refractivity contribution is 5.91. The Morgan fingerprint density at radius 3 is 2.46 bits per heavy atom. The number of benzene rings is 1. The van der Waals surface area contributed by atoms with Gasteiger partial charge in [-0.3, -0.25) is 4.79 Å². The number of amides is 3. The van der Waals surface area contributed by atoms with Crippen LogP contribution >= 0.6 is 0 Å². The highest BCUT2D eigenvalue weighted by atomic mass is 19.4. The van der Waals surface area contributed by atoms with E-state index in [9.17, 15) is 22.8 Å². The number of hydrogen-bond acceptors (Lipinski definition) is 3. The molecule has 2 N–H and O–H groups in total. The average Bonchev–Trinajstić information content (AvgIpc) is 2.47. The summed E-state index contributed by atoms with van der Waals surface area (Å²) in [4.78, 5) is 24.6. The maximum atomic E-state index is 12.8. The molecule has 6 nitrogen and oxygen atoms in total. The second-order valence-corrected chi connectivity index (χ2v) is 5.06. The quantitative estimate of drug-likeness (QED) is 0.831. The number of alkyl halides is 3. The zero-order valence-electron chi connectivity index (χ0n) is 13.7. The number of carbonyl (C=O) groups excluding carboxylic acids is 2. The number of nitrogens with one attached hydrogen (secondary N) is 2. The van der Waals surface area contributed by atoms with Crippen molar-refractivity contribution in [2.24, 2.45) is 0 Å². The number of halogens is 3. The molecule has 0 heterocycles. The summed E-state index contributed by atoms with van der Waals surface area (Å²) < 4.78 is 43.5. The molecule has 134 valence electrons. The van der Waals surface area contributed by atoms with Gasteiger partial charge in [0.2, 0.25) is 5.91 Å². The molecule has 0 aromatic heterocycles. The average molecular weight is 347 g/mol. The first-order chi connectivity index (χ1) is 11.1. The van der Waals surface area contributed by atoms with E-state index >= 15 is 0 Å². The molecular weight excluding hydrogens is 327 g/mol. The zero-order valence-corrected chi connectivity index (χ0v) is 13.7. The van der Waals surface area contributed by atoms with Gasteiger partial charge in [-0.15, -0.1) is 0 Å². The largest absolute Gasteiger partial charge is 0.492 e. The van der Waals surface area contributed by atoms with Gasteiger partial charge < -0.3 is 20.3 Å². The Labute approximate surface area is 138 Å². The lowest BCUT2D eigenvalue weighted by Gasteiger charge is -2.15. The van der Waals surface area contributed by atoms with Crippen LogP contribution in [-0.2, 0) is 11.0 Å². The van der Waals surface area contributed by atoms with Gasteiger partial charge >= 0.3 is 12.2 Å². The maximum absolute atomic E-state index is 12.8. The SMILES string of the molecule is CCOc1ccc(C(F)(F)F)cc1NC(=O)NCCC(=O)N(C)C. The lowest BCUT2D eigenvalue weighted by Crippen LogP contribution is -2.33. The lowest BCUT2D eigenvalue weighted by atomic mass is 10.2. The van der Waals surface area contributed by atoms with E-state index in [0.717, 1.165) is 18.2 Å². The summed E-state index contributed by atoms with van der Waals surface area (Å²) in [5.41, 5.74) is -0.993. The standard InChI is InChI=1S/C15H20F3N3O3/c1-4-24-12-6-5-10(15(16,17)18)9-11(12)20-14(23)19-8-7-13(22)21(2)3/h5-6,9H,4,7-8H2,1-3H3,(H2,19,20,23). The Bertz CT molecular complexity index is 589. The van der Waals surface area contributed by atoms with Crippen molar-refractivity contribution in [3.63, 3.8) is 0 Å². The molecule has 0 saturated heterocycles. The van der Waals surface area contributed by atoms with Crippen LogP contribution in [0.5, 0.6) is 5.75 Å². The van der Waals surface area contributed by atoms with Crippen molar-refractivity contribution < 1.29 is 27.5 Å². The fraction of sp³-hybridized carbons (Fsp3) is 0.467. The monoisotopic (exact) mass is 347 g/mol. The third kappa shape index (κ3) is 5.98. The molecule has 1 rings (SSSR count). The Morgan fingerprint density at radius 2 is 1.92 bits per heavy atom. The van der Waals surface area contributed by atoms with Gasteiger partial charge in [0.05, 0.1) is 17.9 Å². The minimum absolute atomic E-state index is 0.0613. The molecular formula is C15H20F3N3O3. The van der Waals surface area contributed by atoms with E-state index in [1.54, 1.807) is 21.0 Å².